The van der Waals surface area contributed by atoms with Gasteiger partial charge in [0.25, 0.3) is 5.91 Å². The highest BCUT2D eigenvalue weighted by atomic mass is 19.4. The quantitative estimate of drug-likeness (QED) is 0.241. The summed E-state index contributed by atoms with van der Waals surface area (Å²) >= 11 is 0. The molecule has 2 N–H and O–H groups in total. The number of ketones is 1. The van der Waals surface area contributed by atoms with Crippen molar-refractivity contribution in [1.29, 1.82) is 0 Å². The van der Waals surface area contributed by atoms with Crippen molar-refractivity contribution in [3.05, 3.63) is 66.0 Å². The minimum atomic E-state index is -4.54. The number of aromatic nitrogens is 4. The molecule has 9 nitrogen and oxygen atoms in total. The number of hydrogen-bond acceptors (Lipinski definition) is 7. The SMILES string of the molecule is CCCC(=O)C[C@H]1CCCN(c2n[nH]c3nccc(Oc4ccc(C(=O)Nc5cc(C(F)(F)F)ccn5)cc4)c23)C1. The van der Waals surface area contributed by atoms with Gasteiger partial charge in [-0.1, -0.05) is 6.92 Å². The molecule has 0 unspecified atom stereocenters. The first-order valence-electron chi connectivity index (χ1n) is 13.4. The van der Waals surface area contributed by atoms with E-state index in [4.69, 9.17) is 4.74 Å². The van der Waals surface area contributed by atoms with E-state index in [0.717, 1.165) is 44.1 Å². The molecule has 1 saturated heterocycles. The number of aromatic amines is 1. The Kier molecular flexibility index (Phi) is 8.18. The Balaban J connectivity index is 1.30. The van der Waals surface area contributed by atoms with Gasteiger partial charge in [0, 0.05) is 50.0 Å². The maximum atomic E-state index is 13.0. The zero-order valence-corrected chi connectivity index (χ0v) is 22.4. The molecule has 1 amide bonds. The van der Waals surface area contributed by atoms with Crippen molar-refractivity contribution in [3.8, 4) is 11.5 Å². The lowest BCUT2D eigenvalue weighted by Crippen LogP contribution is -2.36. The number of anilines is 2. The molecule has 3 aromatic heterocycles. The lowest BCUT2D eigenvalue weighted by molar-refractivity contribution is -0.137. The van der Waals surface area contributed by atoms with E-state index in [1.165, 1.54) is 12.1 Å². The Morgan fingerprint density at radius 1 is 1.12 bits per heavy atom. The molecule has 1 aromatic carbocycles. The van der Waals surface area contributed by atoms with Crippen LogP contribution in [0.1, 0.15) is 54.9 Å². The summed E-state index contributed by atoms with van der Waals surface area (Å²) in [5.74, 6) is 1.42. The molecule has 1 fully saturated rings. The molecule has 0 saturated carbocycles. The average molecular weight is 567 g/mol. The summed E-state index contributed by atoms with van der Waals surface area (Å²) in [4.78, 5) is 35.2. The number of piperidine rings is 1. The summed E-state index contributed by atoms with van der Waals surface area (Å²) in [6.07, 6.45) is 2.03. The number of nitrogens with one attached hydrogen (secondary N) is 2. The fourth-order valence-corrected chi connectivity index (χ4v) is 5.01. The van der Waals surface area contributed by atoms with Crippen molar-refractivity contribution in [1.82, 2.24) is 20.2 Å². The molecule has 0 aliphatic carbocycles. The van der Waals surface area contributed by atoms with Gasteiger partial charge in [0.2, 0.25) is 0 Å². The highest BCUT2D eigenvalue weighted by molar-refractivity contribution is 6.03. The van der Waals surface area contributed by atoms with E-state index in [2.05, 4.69) is 30.4 Å². The molecule has 12 heteroatoms. The van der Waals surface area contributed by atoms with Crippen LogP contribution in [0.25, 0.3) is 11.0 Å². The van der Waals surface area contributed by atoms with Crippen LogP contribution in [-0.2, 0) is 11.0 Å². The molecule has 0 radical (unpaired) electrons. The first-order valence-corrected chi connectivity index (χ1v) is 13.4. The Hall–Kier alpha value is -4.48. The molecule has 0 bridgehead atoms. The maximum Gasteiger partial charge on any atom is 0.416 e. The number of halogens is 3. The van der Waals surface area contributed by atoms with Crippen LogP contribution in [0.15, 0.2) is 54.9 Å². The van der Waals surface area contributed by atoms with Gasteiger partial charge in [0.15, 0.2) is 11.5 Å². The zero-order chi connectivity index (χ0) is 29.0. The average Bonchev–Trinajstić information content (AvgIpc) is 3.39. The van der Waals surface area contributed by atoms with Crippen molar-refractivity contribution < 1.29 is 27.5 Å². The van der Waals surface area contributed by atoms with Crippen LogP contribution in [0.5, 0.6) is 11.5 Å². The number of fused-ring (bicyclic) bond motifs is 1. The fourth-order valence-electron chi connectivity index (χ4n) is 5.01. The van der Waals surface area contributed by atoms with Crippen LogP contribution >= 0.6 is 0 Å². The number of Topliss-reactive ketones (excluding diaryl/α,β-unsaturated/α-hetero) is 1. The largest absolute Gasteiger partial charge is 0.456 e. The molecule has 1 aliphatic heterocycles. The van der Waals surface area contributed by atoms with E-state index in [9.17, 15) is 22.8 Å². The summed E-state index contributed by atoms with van der Waals surface area (Å²) in [6, 6.07) is 9.55. The third-order valence-corrected chi connectivity index (χ3v) is 6.94. The number of hydrogen-bond donors (Lipinski definition) is 2. The monoisotopic (exact) mass is 566 g/mol. The third-order valence-electron chi connectivity index (χ3n) is 6.94. The number of carbonyl (C=O) groups excluding carboxylic acids is 2. The van der Waals surface area contributed by atoms with E-state index in [1.54, 1.807) is 24.4 Å². The van der Waals surface area contributed by atoms with Crippen molar-refractivity contribution in [2.75, 3.05) is 23.3 Å². The van der Waals surface area contributed by atoms with Gasteiger partial charge in [-0.2, -0.15) is 18.3 Å². The number of alkyl halides is 3. The molecule has 4 aromatic rings. The highest BCUT2D eigenvalue weighted by Crippen LogP contribution is 2.36. The Bertz CT molecular complexity index is 1540. The second-order valence-corrected chi connectivity index (χ2v) is 10.0. The second-order valence-electron chi connectivity index (χ2n) is 10.0. The first-order chi connectivity index (χ1) is 19.7. The van der Waals surface area contributed by atoms with E-state index in [0.29, 0.717) is 53.5 Å². The molecule has 4 heterocycles. The number of pyridine rings is 2. The van der Waals surface area contributed by atoms with E-state index in [-0.39, 0.29) is 17.3 Å². The molecular formula is C29H29F3N6O3. The molecule has 1 aliphatic rings. The summed E-state index contributed by atoms with van der Waals surface area (Å²) in [5, 5.41) is 10.6. The zero-order valence-electron chi connectivity index (χ0n) is 22.4. The fraction of sp³-hybridized carbons (Fsp3) is 0.345. The predicted octanol–water partition coefficient (Wildman–Crippen LogP) is 6.39. The Labute approximate surface area is 234 Å². The maximum absolute atomic E-state index is 13.0. The summed E-state index contributed by atoms with van der Waals surface area (Å²) in [5.41, 5.74) is -0.123. The normalized spacial score (nSPS) is 15.6. The van der Waals surface area contributed by atoms with Crippen molar-refractivity contribution >= 4 is 34.4 Å². The third kappa shape index (κ3) is 6.64. The van der Waals surface area contributed by atoms with E-state index in [1.807, 2.05) is 6.92 Å². The van der Waals surface area contributed by atoms with Gasteiger partial charge >= 0.3 is 6.18 Å². The van der Waals surface area contributed by atoms with Gasteiger partial charge in [0.1, 0.15) is 28.5 Å². The number of benzene rings is 1. The number of nitrogens with zero attached hydrogens (tertiary/aromatic N) is 4. The Morgan fingerprint density at radius 2 is 1.90 bits per heavy atom. The van der Waals surface area contributed by atoms with E-state index < -0.39 is 17.6 Å². The lowest BCUT2D eigenvalue weighted by atomic mass is 9.92. The van der Waals surface area contributed by atoms with Crippen molar-refractivity contribution in [2.45, 2.75) is 45.2 Å². The number of H-pyrrole nitrogens is 1. The molecule has 5 rings (SSSR count). The number of amides is 1. The summed E-state index contributed by atoms with van der Waals surface area (Å²) in [6.45, 7) is 3.53. The van der Waals surface area contributed by atoms with Crippen molar-refractivity contribution in [3.63, 3.8) is 0 Å². The number of carbonyl (C=O) groups is 2. The van der Waals surface area contributed by atoms with Gasteiger partial charge in [-0.3, -0.25) is 14.7 Å². The van der Waals surface area contributed by atoms with Gasteiger partial charge in [-0.25, -0.2) is 9.97 Å². The van der Waals surface area contributed by atoms with Gasteiger partial charge < -0.3 is 15.0 Å². The summed E-state index contributed by atoms with van der Waals surface area (Å²) < 4.78 is 45.1. The highest BCUT2D eigenvalue weighted by Gasteiger charge is 2.31. The minimum absolute atomic E-state index is 0.202. The molecule has 0 spiro atoms. The van der Waals surface area contributed by atoms with E-state index >= 15 is 0 Å². The van der Waals surface area contributed by atoms with Crippen LogP contribution in [0.2, 0.25) is 0 Å². The molecule has 41 heavy (non-hydrogen) atoms. The van der Waals surface area contributed by atoms with Gasteiger partial charge in [-0.05, 0) is 61.6 Å². The Morgan fingerprint density at radius 3 is 2.66 bits per heavy atom. The van der Waals surface area contributed by atoms with Crippen LogP contribution in [0.3, 0.4) is 0 Å². The van der Waals surface area contributed by atoms with Gasteiger partial charge in [-0.15, -0.1) is 0 Å². The molecule has 1 atom stereocenters. The van der Waals surface area contributed by atoms with Crippen LogP contribution < -0.4 is 15.0 Å². The number of ether oxygens (including phenoxy) is 1. The van der Waals surface area contributed by atoms with Crippen molar-refractivity contribution in [2.24, 2.45) is 5.92 Å². The number of rotatable bonds is 9. The van der Waals surface area contributed by atoms with Crippen LogP contribution in [-0.4, -0.2) is 44.9 Å². The second kappa shape index (κ2) is 11.9. The molecule has 214 valence electrons. The predicted molar refractivity (Wildman–Crippen MR) is 147 cm³/mol. The topological polar surface area (TPSA) is 113 Å². The summed E-state index contributed by atoms with van der Waals surface area (Å²) in [7, 11) is 0. The minimum Gasteiger partial charge on any atom is -0.456 e. The smallest absolute Gasteiger partial charge is 0.416 e. The van der Waals surface area contributed by atoms with Crippen LogP contribution in [0.4, 0.5) is 24.8 Å². The first kappa shape index (κ1) is 28.1. The lowest BCUT2D eigenvalue weighted by Gasteiger charge is -2.33. The molecular weight excluding hydrogens is 537 g/mol. The van der Waals surface area contributed by atoms with Crippen LogP contribution in [0, 0.1) is 5.92 Å². The standard InChI is InChI=1S/C29H29F3N6O3/c1-2-4-21(39)15-18-5-3-14-38(17-18)27-25-23(11-13-34-26(25)36-37-27)41-22-8-6-19(7-9-22)28(40)35-24-16-20(10-12-33-24)29(30,31)32/h6-13,16,18H,2-5,14-15,17H2,1H3,(H,33,35,40)(H,34,36,37)/t18-/m1/s1. The van der Waals surface area contributed by atoms with Gasteiger partial charge in [0.05, 0.1) is 5.56 Å².